The number of carbonyl (C=O) groups is 1. The topological polar surface area (TPSA) is 72.5 Å². The number of ether oxygens (including phenoxy) is 2. The van der Waals surface area contributed by atoms with Gasteiger partial charge in [-0.2, -0.15) is 0 Å². The van der Waals surface area contributed by atoms with E-state index in [1.165, 1.54) is 0 Å². The Morgan fingerprint density at radius 1 is 0.852 bits per heavy atom. The highest BCUT2D eigenvalue weighted by Crippen LogP contribution is 2.19. The molecule has 2 aromatic carbocycles. The fourth-order valence-electron chi connectivity index (χ4n) is 2.50. The van der Waals surface area contributed by atoms with Crippen LogP contribution in [0.15, 0.2) is 66.9 Å². The van der Waals surface area contributed by atoms with Crippen LogP contribution in [-0.4, -0.2) is 25.1 Å². The minimum atomic E-state index is -0.0992. The summed E-state index contributed by atoms with van der Waals surface area (Å²) in [4.78, 5) is 16.5. The monoisotopic (exact) mass is 363 g/mol. The van der Waals surface area contributed by atoms with Gasteiger partial charge in [-0.3, -0.25) is 4.79 Å². The Morgan fingerprint density at radius 3 is 2.00 bits per heavy atom. The smallest absolute Gasteiger partial charge is 0.228 e. The number of hydrogen-bond donors (Lipinski definition) is 2. The quantitative estimate of drug-likeness (QED) is 0.663. The second kappa shape index (κ2) is 8.71. The summed E-state index contributed by atoms with van der Waals surface area (Å²) in [5, 5.41) is 6.04. The van der Waals surface area contributed by atoms with Crippen LogP contribution in [0.25, 0.3) is 0 Å². The molecule has 0 atom stereocenters. The van der Waals surface area contributed by atoms with Gasteiger partial charge in [-0.05, 0) is 54.1 Å². The summed E-state index contributed by atoms with van der Waals surface area (Å²) in [6.45, 7) is 0. The second-order valence-corrected chi connectivity index (χ2v) is 5.86. The Labute approximate surface area is 158 Å². The number of anilines is 3. The van der Waals surface area contributed by atoms with Crippen LogP contribution in [0, 0.1) is 0 Å². The molecule has 0 aliphatic rings. The van der Waals surface area contributed by atoms with Gasteiger partial charge in [-0.1, -0.05) is 12.1 Å². The number of nitrogens with one attached hydrogen (secondary N) is 2. The molecule has 0 aliphatic carbocycles. The number of pyridine rings is 1. The first-order chi connectivity index (χ1) is 13.2. The van der Waals surface area contributed by atoms with Crippen molar-refractivity contribution in [2.24, 2.45) is 0 Å². The molecule has 3 rings (SSSR count). The molecule has 1 aromatic heterocycles. The number of benzene rings is 2. The molecule has 0 radical (unpaired) electrons. The van der Waals surface area contributed by atoms with Crippen molar-refractivity contribution >= 4 is 23.1 Å². The van der Waals surface area contributed by atoms with Crippen molar-refractivity contribution in [3.8, 4) is 11.5 Å². The highest BCUT2D eigenvalue weighted by atomic mass is 16.5. The average Bonchev–Trinajstić information content (AvgIpc) is 2.70. The van der Waals surface area contributed by atoms with Crippen molar-refractivity contribution in [1.82, 2.24) is 4.98 Å². The molecule has 1 amide bonds. The minimum absolute atomic E-state index is 0.0992. The predicted molar refractivity (Wildman–Crippen MR) is 106 cm³/mol. The van der Waals surface area contributed by atoms with Crippen LogP contribution in [0.2, 0.25) is 0 Å². The third-order valence-electron chi connectivity index (χ3n) is 3.93. The number of rotatable bonds is 7. The van der Waals surface area contributed by atoms with Gasteiger partial charge >= 0.3 is 0 Å². The standard InChI is InChI=1S/C21H21N3O3/c1-26-18-8-3-15(4-9-18)13-21(25)24-17-7-12-20(22-14-17)23-16-5-10-19(27-2)11-6-16/h3-12,14H,13H2,1-2H3,(H,22,23)(H,24,25). The normalized spacial score (nSPS) is 10.1. The summed E-state index contributed by atoms with van der Waals surface area (Å²) in [6.07, 6.45) is 1.91. The van der Waals surface area contributed by atoms with E-state index in [9.17, 15) is 4.79 Å². The Morgan fingerprint density at radius 2 is 1.44 bits per heavy atom. The van der Waals surface area contributed by atoms with Gasteiger partial charge in [0.15, 0.2) is 0 Å². The maximum absolute atomic E-state index is 12.2. The molecular weight excluding hydrogens is 342 g/mol. The lowest BCUT2D eigenvalue weighted by Crippen LogP contribution is -2.14. The van der Waals surface area contributed by atoms with Crippen LogP contribution in [0.4, 0.5) is 17.2 Å². The molecule has 3 aromatic rings. The van der Waals surface area contributed by atoms with Crippen molar-refractivity contribution in [2.45, 2.75) is 6.42 Å². The van der Waals surface area contributed by atoms with Crippen LogP contribution in [0.3, 0.4) is 0 Å². The van der Waals surface area contributed by atoms with E-state index in [2.05, 4.69) is 15.6 Å². The molecule has 6 nitrogen and oxygen atoms in total. The lowest BCUT2D eigenvalue weighted by atomic mass is 10.1. The number of hydrogen-bond acceptors (Lipinski definition) is 5. The van der Waals surface area contributed by atoms with E-state index in [0.717, 1.165) is 22.7 Å². The Balaban J connectivity index is 1.55. The molecule has 0 fully saturated rings. The van der Waals surface area contributed by atoms with E-state index in [-0.39, 0.29) is 12.3 Å². The van der Waals surface area contributed by atoms with Gasteiger partial charge in [-0.25, -0.2) is 4.98 Å². The van der Waals surface area contributed by atoms with E-state index in [0.29, 0.717) is 11.5 Å². The summed E-state index contributed by atoms with van der Waals surface area (Å²) in [7, 11) is 3.24. The van der Waals surface area contributed by atoms with Gasteiger partial charge in [-0.15, -0.1) is 0 Å². The average molecular weight is 363 g/mol. The van der Waals surface area contributed by atoms with Crippen molar-refractivity contribution in [3.63, 3.8) is 0 Å². The number of amides is 1. The number of carbonyl (C=O) groups excluding carboxylic acids is 1. The van der Waals surface area contributed by atoms with Crippen molar-refractivity contribution < 1.29 is 14.3 Å². The first kappa shape index (κ1) is 18.3. The summed E-state index contributed by atoms with van der Waals surface area (Å²) >= 11 is 0. The second-order valence-electron chi connectivity index (χ2n) is 5.86. The molecule has 6 heteroatoms. The lowest BCUT2D eigenvalue weighted by Gasteiger charge is -2.09. The van der Waals surface area contributed by atoms with Crippen molar-refractivity contribution in [2.75, 3.05) is 24.9 Å². The fraction of sp³-hybridized carbons (Fsp3) is 0.143. The van der Waals surface area contributed by atoms with Gasteiger partial charge in [0, 0.05) is 5.69 Å². The predicted octanol–water partition coefficient (Wildman–Crippen LogP) is 4.02. The molecule has 27 heavy (non-hydrogen) atoms. The third kappa shape index (κ3) is 5.22. The first-order valence-electron chi connectivity index (χ1n) is 8.46. The zero-order valence-electron chi connectivity index (χ0n) is 15.2. The molecule has 0 saturated carbocycles. The minimum Gasteiger partial charge on any atom is -0.497 e. The third-order valence-corrected chi connectivity index (χ3v) is 3.93. The molecule has 2 N–H and O–H groups in total. The highest BCUT2D eigenvalue weighted by Gasteiger charge is 2.05. The molecule has 0 saturated heterocycles. The maximum atomic E-state index is 12.2. The maximum Gasteiger partial charge on any atom is 0.228 e. The highest BCUT2D eigenvalue weighted by molar-refractivity contribution is 5.92. The van der Waals surface area contributed by atoms with Gasteiger partial charge in [0.25, 0.3) is 0 Å². The van der Waals surface area contributed by atoms with Crippen LogP contribution in [0.1, 0.15) is 5.56 Å². The molecule has 0 unspecified atom stereocenters. The van der Waals surface area contributed by atoms with E-state index < -0.39 is 0 Å². The van der Waals surface area contributed by atoms with Crippen LogP contribution in [0.5, 0.6) is 11.5 Å². The number of aromatic nitrogens is 1. The van der Waals surface area contributed by atoms with Crippen LogP contribution >= 0.6 is 0 Å². The largest absolute Gasteiger partial charge is 0.497 e. The van der Waals surface area contributed by atoms with Crippen molar-refractivity contribution in [3.05, 3.63) is 72.4 Å². The number of methoxy groups -OCH3 is 2. The van der Waals surface area contributed by atoms with Gasteiger partial charge in [0.2, 0.25) is 5.91 Å². The molecular formula is C21H21N3O3. The summed E-state index contributed by atoms with van der Waals surface area (Å²) in [5.74, 6) is 2.15. The molecule has 0 aliphatic heterocycles. The first-order valence-corrected chi connectivity index (χ1v) is 8.46. The lowest BCUT2D eigenvalue weighted by molar-refractivity contribution is -0.115. The van der Waals surface area contributed by atoms with E-state index in [4.69, 9.17) is 9.47 Å². The zero-order chi connectivity index (χ0) is 19.1. The van der Waals surface area contributed by atoms with E-state index in [1.54, 1.807) is 20.4 Å². The molecule has 0 spiro atoms. The number of nitrogens with zero attached hydrogens (tertiary/aromatic N) is 1. The van der Waals surface area contributed by atoms with Gasteiger partial charge in [0.1, 0.15) is 17.3 Å². The Kier molecular flexibility index (Phi) is 5.89. The molecule has 1 heterocycles. The van der Waals surface area contributed by atoms with Crippen LogP contribution < -0.4 is 20.1 Å². The molecule has 0 bridgehead atoms. The summed E-state index contributed by atoms with van der Waals surface area (Å²) in [6, 6.07) is 18.6. The SMILES string of the molecule is COc1ccc(CC(=O)Nc2ccc(Nc3ccc(OC)cc3)nc2)cc1. The van der Waals surface area contributed by atoms with Gasteiger partial charge in [0.05, 0.1) is 32.5 Å². The molecule has 138 valence electrons. The van der Waals surface area contributed by atoms with E-state index >= 15 is 0 Å². The fourth-order valence-corrected chi connectivity index (χ4v) is 2.50. The van der Waals surface area contributed by atoms with Gasteiger partial charge < -0.3 is 20.1 Å². The summed E-state index contributed by atoms with van der Waals surface area (Å²) in [5.41, 5.74) is 2.47. The Bertz CT molecular complexity index is 876. The Hall–Kier alpha value is -3.54. The van der Waals surface area contributed by atoms with E-state index in [1.807, 2.05) is 60.7 Å². The zero-order valence-corrected chi connectivity index (χ0v) is 15.2. The van der Waals surface area contributed by atoms with Crippen LogP contribution in [-0.2, 0) is 11.2 Å². The van der Waals surface area contributed by atoms with Crippen molar-refractivity contribution in [1.29, 1.82) is 0 Å². The summed E-state index contributed by atoms with van der Waals surface area (Å²) < 4.78 is 10.3.